The van der Waals surface area contributed by atoms with Gasteiger partial charge in [0.05, 0.1) is 11.6 Å². The fourth-order valence-electron chi connectivity index (χ4n) is 3.03. The fourth-order valence-corrected chi connectivity index (χ4v) is 3.03. The predicted octanol–water partition coefficient (Wildman–Crippen LogP) is 4.07. The number of benzene rings is 2. The number of carbonyl (C=O) groups is 1. The SMILES string of the molecule is C=CC(=O)NC1Cc2ccccc2N(c2ccc(C(F)(F)F)cc2)C1. The van der Waals surface area contributed by atoms with Crippen LogP contribution in [0.4, 0.5) is 24.5 Å². The third kappa shape index (κ3) is 3.68. The third-order valence-electron chi connectivity index (χ3n) is 4.19. The Morgan fingerprint density at radius 1 is 1.16 bits per heavy atom. The zero-order valence-electron chi connectivity index (χ0n) is 13.4. The maximum absolute atomic E-state index is 12.8. The molecule has 1 heterocycles. The van der Waals surface area contributed by atoms with Crippen LogP contribution in [0.3, 0.4) is 0 Å². The van der Waals surface area contributed by atoms with E-state index < -0.39 is 11.7 Å². The zero-order valence-corrected chi connectivity index (χ0v) is 13.4. The van der Waals surface area contributed by atoms with Crippen molar-refractivity contribution in [2.45, 2.75) is 18.6 Å². The molecule has 2 aromatic rings. The van der Waals surface area contributed by atoms with Crippen LogP contribution in [0.2, 0.25) is 0 Å². The van der Waals surface area contributed by atoms with Crippen LogP contribution in [-0.2, 0) is 17.4 Å². The molecule has 1 aliphatic rings. The summed E-state index contributed by atoms with van der Waals surface area (Å²) in [4.78, 5) is 13.5. The van der Waals surface area contributed by atoms with Crippen LogP contribution < -0.4 is 10.2 Å². The molecule has 1 aliphatic heterocycles. The van der Waals surface area contributed by atoms with E-state index in [-0.39, 0.29) is 11.9 Å². The van der Waals surface area contributed by atoms with Crippen LogP contribution in [0.1, 0.15) is 11.1 Å². The van der Waals surface area contributed by atoms with Crippen molar-refractivity contribution in [1.29, 1.82) is 0 Å². The van der Waals surface area contributed by atoms with Crippen molar-refractivity contribution in [3.8, 4) is 0 Å². The highest BCUT2D eigenvalue weighted by Crippen LogP contribution is 2.35. The average Bonchev–Trinajstić information content (AvgIpc) is 2.60. The van der Waals surface area contributed by atoms with Crippen molar-refractivity contribution in [2.75, 3.05) is 11.4 Å². The van der Waals surface area contributed by atoms with Gasteiger partial charge in [-0.25, -0.2) is 0 Å². The van der Waals surface area contributed by atoms with Crippen LogP contribution in [0.15, 0.2) is 61.2 Å². The second-order valence-electron chi connectivity index (χ2n) is 5.90. The molecule has 1 unspecified atom stereocenters. The number of nitrogens with zero attached hydrogens (tertiary/aromatic N) is 1. The predicted molar refractivity (Wildman–Crippen MR) is 90.7 cm³/mol. The molecule has 0 bridgehead atoms. The van der Waals surface area contributed by atoms with Gasteiger partial charge < -0.3 is 10.2 Å². The molecular weight excluding hydrogens is 329 g/mol. The van der Waals surface area contributed by atoms with E-state index >= 15 is 0 Å². The number of carbonyl (C=O) groups excluding carboxylic acids is 1. The van der Waals surface area contributed by atoms with Crippen LogP contribution in [0, 0.1) is 0 Å². The Kier molecular flexibility index (Phi) is 4.53. The maximum atomic E-state index is 12.8. The summed E-state index contributed by atoms with van der Waals surface area (Å²) in [6.07, 6.45) is -2.49. The van der Waals surface area contributed by atoms with E-state index in [0.29, 0.717) is 18.7 Å². The van der Waals surface area contributed by atoms with Gasteiger partial charge in [-0.3, -0.25) is 4.79 Å². The summed E-state index contributed by atoms with van der Waals surface area (Å²) in [7, 11) is 0. The van der Waals surface area contributed by atoms with Crippen molar-refractivity contribution in [3.63, 3.8) is 0 Å². The molecule has 6 heteroatoms. The van der Waals surface area contributed by atoms with Crippen molar-refractivity contribution in [2.24, 2.45) is 0 Å². The van der Waals surface area contributed by atoms with Gasteiger partial charge in [-0.15, -0.1) is 0 Å². The molecule has 0 radical (unpaired) electrons. The number of para-hydroxylation sites is 1. The summed E-state index contributed by atoms with van der Waals surface area (Å²) in [5.41, 5.74) is 1.94. The minimum Gasteiger partial charge on any atom is -0.348 e. The smallest absolute Gasteiger partial charge is 0.348 e. The molecule has 1 amide bonds. The lowest BCUT2D eigenvalue weighted by Crippen LogP contribution is -2.46. The monoisotopic (exact) mass is 346 g/mol. The first kappa shape index (κ1) is 17.1. The molecule has 0 spiro atoms. The molecule has 0 saturated carbocycles. The number of nitrogens with one attached hydrogen (secondary N) is 1. The minimum absolute atomic E-state index is 0.150. The van der Waals surface area contributed by atoms with Gasteiger partial charge in [0.15, 0.2) is 0 Å². The van der Waals surface area contributed by atoms with Gasteiger partial charge in [0.25, 0.3) is 0 Å². The van der Waals surface area contributed by atoms with Gasteiger partial charge in [0.2, 0.25) is 5.91 Å². The van der Waals surface area contributed by atoms with Gasteiger partial charge in [0, 0.05) is 17.9 Å². The molecule has 130 valence electrons. The van der Waals surface area contributed by atoms with E-state index in [1.165, 1.54) is 18.2 Å². The summed E-state index contributed by atoms with van der Waals surface area (Å²) in [6.45, 7) is 3.92. The van der Waals surface area contributed by atoms with Gasteiger partial charge in [0.1, 0.15) is 0 Å². The number of amides is 1. The first-order valence-electron chi connectivity index (χ1n) is 7.84. The molecule has 3 nitrogen and oxygen atoms in total. The number of hydrogen-bond acceptors (Lipinski definition) is 2. The average molecular weight is 346 g/mol. The molecule has 0 saturated heterocycles. The maximum Gasteiger partial charge on any atom is 0.416 e. The Labute approximate surface area is 143 Å². The molecule has 1 atom stereocenters. The fraction of sp³-hybridized carbons (Fsp3) is 0.211. The molecule has 2 aromatic carbocycles. The molecule has 0 aliphatic carbocycles. The molecule has 25 heavy (non-hydrogen) atoms. The Hall–Kier alpha value is -2.76. The van der Waals surface area contributed by atoms with Gasteiger partial charge in [-0.2, -0.15) is 13.2 Å². The third-order valence-corrected chi connectivity index (χ3v) is 4.19. The van der Waals surface area contributed by atoms with E-state index in [9.17, 15) is 18.0 Å². The van der Waals surface area contributed by atoms with Gasteiger partial charge in [-0.05, 0) is 48.4 Å². The quantitative estimate of drug-likeness (QED) is 0.850. The van der Waals surface area contributed by atoms with E-state index in [2.05, 4.69) is 11.9 Å². The van der Waals surface area contributed by atoms with Crippen molar-refractivity contribution < 1.29 is 18.0 Å². The van der Waals surface area contributed by atoms with Crippen LogP contribution >= 0.6 is 0 Å². The normalized spacial score (nSPS) is 16.9. The standard InChI is InChI=1S/C19H17F3N2O/c1-2-18(25)23-15-11-13-5-3-4-6-17(13)24(12-15)16-9-7-14(8-10-16)19(20,21)22/h2-10,15H,1,11-12H2,(H,23,25). The Balaban J connectivity index is 1.93. The number of rotatable bonds is 3. The summed E-state index contributed by atoms with van der Waals surface area (Å²) in [5, 5.41) is 2.87. The Morgan fingerprint density at radius 2 is 1.84 bits per heavy atom. The molecule has 0 aromatic heterocycles. The van der Waals surface area contributed by atoms with Gasteiger partial charge in [-0.1, -0.05) is 24.8 Å². The number of fused-ring (bicyclic) bond motifs is 1. The lowest BCUT2D eigenvalue weighted by molar-refractivity contribution is -0.137. The minimum atomic E-state index is -4.36. The second kappa shape index (κ2) is 6.63. The van der Waals surface area contributed by atoms with Crippen molar-refractivity contribution in [3.05, 3.63) is 72.3 Å². The van der Waals surface area contributed by atoms with Crippen molar-refractivity contribution in [1.82, 2.24) is 5.32 Å². The number of halogens is 3. The van der Waals surface area contributed by atoms with Crippen LogP contribution in [0.25, 0.3) is 0 Å². The summed E-state index contributed by atoms with van der Waals surface area (Å²) >= 11 is 0. The largest absolute Gasteiger partial charge is 0.416 e. The summed E-state index contributed by atoms with van der Waals surface area (Å²) in [5.74, 6) is -0.267. The Bertz CT molecular complexity index is 784. The van der Waals surface area contributed by atoms with Crippen LogP contribution in [0.5, 0.6) is 0 Å². The van der Waals surface area contributed by atoms with E-state index in [0.717, 1.165) is 23.4 Å². The number of alkyl halides is 3. The second-order valence-corrected chi connectivity index (χ2v) is 5.90. The first-order chi connectivity index (χ1) is 11.9. The highest BCUT2D eigenvalue weighted by Gasteiger charge is 2.31. The summed E-state index contributed by atoms with van der Waals surface area (Å²) in [6, 6.07) is 12.6. The number of hydrogen-bond donors (Lipinski definition) is 1. The first-order valence-corrected chi connectivity index (χ1v) is 7.84. The highest BCUT2D eigenvalue weighted by atomic mass is 19.4. The number of anilines is 2. The van der Waals surface area contributed by atoms with E-state index in [1.807, 2.05) is 29.2 Å². The lowest BCUT2D eigenvalue weighted by Gasteiger charge is -2.36. The lowest BCUT2D eigenvalue weighted by atomic mass is 9.97. The topological polar surface area (TPSA) is 32.3 Å². The molecule has 1 N–H and O–H groups in total. The Morgan fingerprint density at radius 3 is 2.48 bits per heavy atom. The molecule has 0 fully saturated rings. The highest BCUT2D eigenvalue weighted by molar-refractivity contribution is 5.87. The van der Waals surface area contributed by atoms with Gasteiger partial charge >= 0.3 is 6.18 Å². The molecule has 3 rings (SSSR count). The van der Waals surface area contributed by atoms with E-state index in [1.54, 1.807) is 0 Å². The van der Waals surface area contributed by atoms with Crippen molar-refractivity contribution >= 4 is 17.3 Å². The molecular formula is C19H17F3N2O. The zero-order chi connectivity index (χ0) is 18.0. The van der Waals surface area contributed by atoms with Crippen LogP contribution in [-0.4, -0.2) is 18.5 Å². The van der Waals surface area contributed by atoms with E-state index in [4.69, 9.17) is 0 Å². The summed E-state index contributed by atoms with van der Waals surface area (Å²) < 4.78 is 38.3.